The molecule has 2 rings (SSSR count). The minimum atomic E-state index is -0.915. The molecule has 1 N–H and O–H groups in total. The van der Waals surface area contributed by atoms with Gasteiger partial charge in [-0.1, -0.05) is 0 Å². The first kappa shape index (κ1) is 15.7. The molecule has 1 aromatic carbocycles. The molecule has 0 bridgehead atoms. The van der Waals surface area contributed by atoms with Crippen molar-refractivity contribution in [3.63, 3.8) is 0 Å². The standard InChI is InChI=1S/C14H17BrN2O4/c1-17-13(9(15)7-16-17)14(18)8-5-11(20-3)12(21-4)6-10(8)19-2/h5-7,14,18H,1-4H3. The van der Waals surface area contributed by atoms with E-state index in [2.05, 4.69) is 21.0 Å². The lowest BCUT2D eigenvalue weighted by Crippen LogP contribution is -2.09. The lowest BCUT2D eigenvalue weighted by molar-refractivity contribution is 0.203. The molecule has 0 saturated heterocycles. The van der Waals surface area contributed by atoms with Crippen LogP contribution in [0.3, 0.4) is 0 Å². The monoisotopic (exact) mass is 356 g/mol. The van der Waals surface area contributed by atoms with Gasteiger partial charge in [-0.15, -0.1) is 0 Å². The second kappa shape index (κ2) is 6.36. The number of nitrogens with zero attached hydrogens (tertiary/aromatic N) is 2. The van der Waals surface area contributed by atoms with Crippen LogP contribution in [-0.4, -0.2) is 36.2 Å². The SMILES string of the molecule is COc1cc(OC)c(C(O)c2c(Br)cnn2C)cc1OC. The maximum Gasteiger partial charge on any atom is 0.164 e. The molecule has 21 heavy (non-hydrogen) atoms. The van der Waals surface area contributed by atoms with Gasteiger partial charge in [-0.05, 0) is 22.0 Å². The van der Waals surface area contributed by atoms with Crippen molar-refractivity contribution in [2.45, 2.75) is 6.10 Å². The highest BCUT2D eigenvalue weighted by atomic mass is 79.9. The predicted molar refractivity (Wildman–Crippen MR) is 81.1 cm³/mol. The van der Waals surface area contributed by atoms with Crippen LogP contribution in [0, 0.1) is 0 Å². The Morgan fingerprint density at radius 2 is 1.67 bits per heavy atom. The number of ether oxygens (including phenoxy) is 3. The third kappa shape index (κ3) is 2.84. The van der Waals surface area contributed by atoms with Gasteiger partial charge in [-0.25, -0.2) is 0 Å². The smallest absolute Gasteiger partial charge is 0.164 e. The molecule has 114 valence electrons. The molecule has 1 heterocycles. The van der Waals surface area contributed by atoms with Crippen molar-refractivity contribution in [3.05, 3.63) is 34.1 Å². The zero-order valence-corrected chi connectivity index (χ0v) is 13.8. The summed E-state index contributed by atoms with van der Waals surface area (Å²) < 4.78 is 18.2. The van der Waals surface area contributed by atoms with Gasteiger partial charge in [0.05, 0.1) is 37.7 Å². The van der Waals surface area contributed by atoms with Crippen molar-refractivity contribution in [1.82, 2.24) is 9.78 Å². The number of hydrogen-bond donors (Lipinski definition) is 1. The first-order chi connectivity index (χ1) is 10.0. The number of halogens is 1. The molecule has 1 unspecified atom stereocenters. The van der Waals surface area contributed by atoms with Gasteiger partial charge in [-0.2, -0.15) is 5.10 Å². The van der Waals surface area contributed by atoms with E-state index in [9.17, 15) is 5.11 Å². The predicted octanol–water partition coefficient (Wildman–Crippen LogP) is 2.29. The highest BCUT2D eigenvalue weighted by molar-refractivity contribution is 9.10. The third-order valence-corrected chi connectivity index (χ3v) is 3.84. The molecule has 0 amide bonds. The molecular formula is C14H17BrN2O4. The summed E-state index contributed by atoms with van der Waals surface area (Å²) in [6.07, 6.45) is 0.716. The van der Waals surface area contributed by atoms with Crippen molar-refractivity contribution in [2.75, 3.05) is 21.3 Å². The van der Waals surface area contributed by atoms with Gasteiger partial charge in [0.1, 0.15) is 11.9 Å². The summed E-state index contributed by atoms with van der Waals surface area (Å²) >= 11 is 3.39. The zero-order valence-electron chi connectivity index (χ0n) is 12.3. The largest absolute Gasteiger partial charge is 0.496 e. The normalized spacial score (nSPS) is 12.1. The van der Waals surface area contributed by atoms with E-state index >= 15 is 0 Å². The van der Waals surface area contributed by atoms with Gasteiger partial charge >= 0.3 is 0 Å². The topological polar surface area (TPSA) is 65.7 Å². The highest BCUT2D eigenvalue weighted by Gasteiger charge is 2.24. The number of rotatable bonds is 5. The summed E-state index contributed by atoms with van der Waals surface area (Å²) in [5, 5.41) is 14.8. The maximum atomic E-state index is 10.7. The molecule has 7 heteroatoms. The summed E-state index contributed by atoms with van der Waals surface area (Å²) in [5.41, 5.74) is 1.19. The van der Waals surface area contributed by atoms with E-state index in [1.54, 1.807) is 44.3 Å². The van der Waals surface area contributed by atoms with E-state index in [1.807, 2.05) is 0 Å². The Morgan fingerprint density at radius 1 is 1.10 bits per heavy atom. The second-order valence-electron chi connectivity index (χ2n) is 4.35. The van der Waals surface area contributed by atoms with Crippen LogP contribution in [-0.2, 0) is 7.05 Å². The van der Waals surface area contributed by atoms with Crippen molar-refractivity contribution >= 4 is 15.9 Å². The van der Waals surface area contributed by atoms with Crippen LogP contribution in [0.2, 0.25) is 0 Å². The van der Waals surface area contributed by atoms with E-state index in [1.165, 1.54) is 7.11 Å². The third-order valence-electron chi connectivity index (χ3n) is 3.23. The molecule has 1 aromatic heterocycles. The molecular weight excluding hydrogens is 340 g/mol. The van der Waals surface area contributed by atoms with Gasteiger partial charge in [0.25, 0.3) is 0 Å². The number of aromatic nitrogens is 2. The lowest BCUT2D eigenvalue weighted by atomic mass is 10.0. The summed E-state index contributed by atoms with van der Waals surface area (Å²) in [6.45, 7) is 0. The van der Waals surface area contributed by atoms with Crippen LogP contribution in [0.4, 0.5) is 0 Å². The molecule has 0 aliphatic rings. The number of benzene rings is 1. The molecule has 6 nitrogen and oxygen atoms in total. The number of aryl methyl sites for hydroxylation is 1. The Labute approximate surface area is 131 Å². The van der Waals surface area contributed by atoms with Crippen LogP contribution < -0.4 is 14.2 Å². The quantitative estimate of drug-likeness (QED) is 0.890. The Bertz CT molecular complexity index is 623. The molecule has 0 saturated carbocycles. The Morgan fingerprint density at radius 3 is 2.14 bits per heavy atom. The van der Waals surface area contributed by atoms with Crippen LogP contribution in [0.5, 0.6) is 17.2 Å². The summed E-state index contributed by atoms with van der Waals surface area (Å²) in [4.78, 5) is 0. The average molecular weight is 357 g/mol. The molecule has 2 aromatic rings. The van der Waals surface area contributed by atoms with Crippen LogP contribution >= 0.6 is 15.9 Å². The lowest BCUT2D eigenvalue weighted by Gasteiger charge is -2.18. The summed E-state index contributed by atoms with van der Waals surface area (Å²) in [6, 6.07) is 3.38. The molecule has 0 radical (unpaired) electrons. The van der Waals surface area contributed by atoms with Gasteiger partial charge < -0.3 is 19.3 Å². The fourth-order valence-electron chi connectivity index (χ4n) is 2.14. The number of methoxy groups -OCH3 is 3. The fraction of sp³-hybridized carbons (Fsp3) is 0.357. The number of hydrogen-bond acceptors (Lipinski definition) is 5. The first-order valence-corrected chi connectivity index (χ1v) is 6.98. The Balaban J connectivity index is 2.57. The fourth-order valence-corrected chi connectivity index (χ4v) is 2.71. The Kier molecular flexibility index (Phi) is 4.74. The molecule has 1 atom stereocenters. The first-order valence-electron chi connectivity index (χ1n) is 6.18. The zero-order chi connectivity index (χ0) is 15.6. The van der Waals surface area contributed by atoms with E-state index < -0.39 is 6.10 Å². The van der Waals surface area contributed by atoms with Crippen molar-refractivity contribution in [3.8, 4) is 17.2 Å². The Hall–Kier alpha value is -1.73. The minimum Gasteiger partial charge on any atom is -0.496 e. The van der Waals surface area contributed by atoms with Crippen molar-refractivity contribution in [1.29, 1.82) is 0 Å². The molecule has 0 aliphatic carbocycles. The van der Waals surface area contributed by atoms with Crippen molar-refractivity contribution in [2.24, 2.45) is 7.05 Å². The van der Waals surface area contributed by atoms with E-state index in [0.717, 1.165) is 0 Å². The van der Waals surface area contributed by atoms with Crippen LogP contribution in [0.25, 0.3) is 0 Å². The van der Waals surface area contributed by atoms with E-state index in [4.69, 9.17) is 14.2 Å². The number of aliphatic hydroxyl groups is 1. The van der Waals surface area contributed by atoms with E-state index in [-0.39, 0.29) is 0 Å². The summed E-state index contributed by atoms with van der Waals surface area (Å²) in [7, 11) is 6.39. The van der Waals surface area contributed by atoms with Crippen LogP contribution in [0.1, 0.15) is 17.4 Å². The van der Waals surface area contributed by atoms with Gasteiger partial charge in [0, 0.05) is 18.7 Å². The summed E-state index contributed by atoms with van der Waals surface area (Å²) in [5.74, 6) is 1.56. The molecule has 0 fully saturated rings. The van der Waals surface area contributed by atoms with E-state index in [0.29, 0.717) is 33.0 Å². The van der Waals surface area contributed by atoms with Gasteiger partial charge in [0.15, 0.2) is 11.5 Å². The molecule has 0 spiro atoms. The minimum absolute atomic E-state index is 0.508. The highest BCUT2D eigenvalue weighted by Crippen LogP contribution is 2.40. The van der Waals surface area contributed by atoms with Gasteiger partial charge in [-0.3, -0.25) is 4.68 Å². The van der Waals surface area contributed by atoms with Crippen LogP contribution in [0.15, 0.2) is 22.8 Å². The van der Waals surface area contributed by atoms with Crippen molar-refractivity contribution < 1.29 is 19.3 Å². The molecule has 0 aliphatic heterocycles. The maximum absolute atomic E-state index is 10.7. The number of aliphatic hydroxyl groups excluding tert-OH is 1. The average Bonchev–Trinajstić information content (AvgIpc) is 2.84. The van der Waals surface area contributed by atoms with Gasteiger partial charge in [0.2, 0.25) is 0 Å². The second-order valence-corrected chi connectivity index (χ2v) is 5.21.